The van der Waals surface area contributed by atoms with Crippen LogP contribution in [0.15, 0.2) is 29.2 Å². The third kappa shape index (κ3) is 5.03. The average Bonchev–Trinajstić information content (AvgIpc) is 2.16. The fourth-order valence-corrected chi connectivity index (χ4v) is 3.15. The van der Waals surface area contributed by atoms with Crippen molar-refractivity contribution in [3.8, 4) is 0 Å². The van der Waals surface area contributed by atoms with E-state index >= 15 is 0 Å². The van der Waals surface area contributed by atoms with Gasteiger partial charge in [0.15, 0.2) is 9.84 Å². The largest absolute Gasteiger partial charge is 1.00 e. The Bertz CT molecular complexity index is 457. The normalized spacial score (nSPS) is 12.9. The summed E-state index contributed by atoms with van der Waals surface area (Å²) in [5.41, 5.74) is 0. The predicted molar refractivity (Wildman–Crippen MR) is 52.2 cm³/mol. The van der Waals surface area contributed by atoms with Crippen LogP contribution in [-0.4, -0.2) is 28.7 Å². The Morgan fingerprint density at radius 3 is 2.19 bits per heavy atom. The van der Waals surface area contributed by atoms with Crippen molar-refractivity contribution < 1.29 is 51.1 Å². The Morgan fingerprint density at radius 1 is 1.25 bits per heavy atom. The van der Waals surface area contributed by atoms with Gasteiger partial charge in [-0.3, -0.25) is 4.21 Å². The molecule has 0 saturated carbocycles. The molecule has 0 aliphatic rings. The zero-order valence-corrected chi connectivity index (χ0v) is 12.2. The van der Waals surface area contributed by atoms with Gasteiger partial charge in [-0.2, -0.15) is 0 Å². The molecule has 0 heterocycles. The molecule has 8 heteroatoms. The van der Waals surface area contributed by atoms with Gasteiger partial charge in [-0.15, -0.1) is 0 Å². The van der Waals surface area contributed by atoms with E-state index in [4.69, 9.17) is 0 Å². The fraction of sp³-hybridized carbons (Fsp3) is 0.250. The van der Waals surface area contributed by atoms with Crippen LogP contribution >= 0.6 is 0 Å². The molecular formula is C8H8FNaO4S2. The van der Waals surface area contributed by atoms with Gasteiger partial charge in [-0.1, -0.05) is 11.1 Å². The van der Waals surface area contributed by atoms with Crippen molar-refractivity contribution in [2.75, 3.05) is 11.5 Å². The summed E-state index contributed by atoms with van der Waals surface area (Å²) < 4.78 is 55.8. The second kappa shape index (κ2) is 6.83. The molecule has 84 valence electrons. The van der Waals surface area contributed by atoms with Gasteiger partial charge >= 0.3 is 29.6 Å². The maximum Gasteiger partial charge on any atom is 1.00 e. The molecular weight excluding hydrogens is 266 g/mol. The number of benzene rings is 1. The zero-order valence-electron chi connectivity index (χ0n) is 8.55. The predicted octanol–water partition coefficient (Wildman–Crippen LogP) is -2.52. The van der Waals surface area contributed by atoms with Gasteiger partial charge in [0.05, 0.1) is 10.6 Å². The molecule has 0 spiro atoms. The molecule has 0 fully saturated rings. The molecule has 1 rings (SSSR count). The summed E-state index contributed by atoms with van der Waals surface area (Å²) in [5.74, 6) is -1.49. The molecule has 1 aromatic rings. The minimum atomic E-state index is -3.63. The summed E-state index contributed by atoms with van der Waals surface area (Å²) in [4.78, 5) is -0.0747. The first-order valence-electron chi connectivity index (χ1n) is 3.96. The molecule has 0 radical (unpaired) electrons. The number of hydrogen-bond acceptors (Lipinski definition) is 4. The number of rotatable bonds is 4. The van der Waals surface area contributed by atoms with E-state index in [1.165, 1.54) is 0 Å². The minimum Gasteiger partial charge on any atom is -0.772 e. The molecule has 1 atom stereocenters. The molecule has 0 amide bonds. The third-order valence-corrected chi connectivity index (χ3v) is 4.22. The van der Waals surface area contributed by atoms with Gasteiger partial charge in [0.25, 0.3) is 0 Å². The molecule has 1 unspecified atom stereocenters. The molecule has 16 heavy (non-hydrogen) atoms. The third-order valence-electron chi connectivity index (χ3n) is 1.69. The Kier molecular flexibility index (Phi) is 6.92. The van der Waals surface area contributed by atoms with E-state index in [0.717, 1.165) is 24.3 Å². The van der Waals surface area contributed by atoms with E-state index in [0.29, 0.717) is 0 Å². The van der Waals surface area contributed by atoms with Crippen molar-refractivity contribution in [1.29, 1.82) is 0 Å². The van der Waals surface area contributed by atoms with Crippen LogP contribution < -0.4 is 29.6 Å². The van der Waals surface area contributed by atoms with E-state index in [-0.39, 0.29) is 34.5 Å². The van der Waals surface area contributed by atoms with Crippen molar-refractivity contribution in [3.05, 3.63) is 30.1 Å². The quantitative estimate of drug-likeness (QED) is 0.345. The van der Waals surface area contributed by atoms with E-state index < -0.39 is 38.2 Å². The number of sulfone groups is 1. The van der Waals surface area contributed by atoms with Gasteiger partial charge in [0.2, 0.25) is 0 Å². The van der Waals surface area contributed by atoms with Gasteiger partial charge in [0.1, 0.15) is 5.82 Å². The van der Waals surface area contributed by atoms with Crippen LogP contribution in [0.25, 0.3) is 0 Å². The van der Waals surface area contributed by atoms with E-state index in [1.54, 1.807) is 0 Å². The summed E-state index contributed by atoms with van der Waals surface area (Å²) in [6, 6.07) is 4.25. The first-order valence-corrected chi connectivity index (χ1v) is 6.85. The number of halogens is 1. The van der Waals surface area contributed by atoms with Crippen LogP contribution in [0.2, 0.25) is 0 Å². The minimum absolute atomic E-state index is 0. The Hall–Kier alpha value is 0.210. The summed E-state index contributed by atoms with van der Waals surface area (Å²) in [6.45, 7) is 0. The summed E-state index contributed by atoms with van der Waals surface area (Å²) >= 11 is -2.39. The Balaban J connectivity index is 0.00000225. The second-order valence-electron chi connectivity index (χ2n) is 2.78. The van der Waals surface area contributed by atoms with Crippen LogP contribution in [0.1, 0.15) is 0 Å². The molecule has 0 aliphatic heterocycles. The molecule has 0 aromatic heterocycles. The van der Waals surface area contributed by atoms with Crippen molar-refractivity contribution in [2.24, 2.45) is 0 Å². The molecule has 0 aliphatic carbocycles. The summed E-state index contributed by atoms with van der Waals surface area (Å²) in [5, 5.41) is 0. The van der Waals surface area contributed by atoms with Crippen LogP contribution in [0, 0.1) is 5.82 Å². The second-order valence-corrected chi connectivity index (χ2v) is 5.91. The average molecular weight is 274 g/mol. The Morgan fingerprint density at radius 2 is 1.75 bits per heavy atom. The van der Waals surface area contributed by atoms with E-state index in [2.05, 4.69) is 0 Å². The Labute approximate surface area is 118 Å². The standard InChI is InChI=1S/C8H9FO4S2.Na/c9-7-1-3-8(4-2-7)15(12,13)6-5-14(10)11;/h1-4H,5-6H2,(H,10,11);/q;+1/p-1. The van der Waals surface area contributed by atoms with Crippen LogP contribution in [0.3, 0.4) is 0 Å². The molecule has 0 bridgehead atoms. The number of hydrogen-bond donors (Lipinski definition) is 0. The molecule has 0 N–H and O–H groups in total. The molecule has 4 nitrogen and oxygen atoms in total. The topological polar surface area (TPSA) is 74.3 Å². The summed E-state index contributed by atoms with van der Waals surface area (Å²) in [6.07, 6.45) is 0. The SMILES string of the molecule is O=S([O-])CCS(=O)(=O)c1ccc(F)cc1.[Na+]. The first kappa shape index (κ1) is 16.2. The van der Waals surface area contributed by atoms with E-state index in [9.17, 15) is 21.6 Å². The van der Waals surface area contributed by atoms with Crippen molar-refractivity contribution in [1.82, 2.24) is 0 Å². The first-order chi connectivity index (χ1) is 6.92. The summed E-state index contributed by atoms with van der Waals surface area (Å²) in [7, 11) is -3.63. The van der Waals surface area contributed by atoms with Gasteiger partial charge in [-0.25, -0.2) is 12.8 Å². The van der Waals surface area contributed by atoms with Gasteiger partial charge in [-0.05, 0) is 24.3 Å². The molecule has 1 aromatic carbocycles. The van der Waals surface area contributed by atoms with Crippen LogP contribution in [0.5, 0.6) is 0 Å². The van der Waals surface area contributed by atoms with Crippen molar-refractivity contribution >= 4 is 20.9 Å². The van der Waals surface area contributed by atoms with Crippen LogP contribution in [0.4, 0.5) is 4.39 Å². The van der Waals surface area contributed by atoms with Crippen molar-refractivity contribution in [2.45, 2.75) is 4.90 Å². The fourth-order valence-electron chi connectivity index (χ4n) is 0.938. The van der Waals surface area contributed by atoms with Gasteiger partial charge in [0, 0.05) is 5.75 Å². The van der Waals surface area contributed by atoms with Crippen molar-refractivity contribution in [3.63, 3.8) is 0 Å². The monoisotopic (exact) mass is 274 g/mol. The molecule has 0 saturated heterocycles. The smallest absolute Gasteiger partial charge is 0.772 e. The zero-order chi connectivity index (χ0) is 11.5. The maximum absolute atomic E-state index is 12.5. The van der Waals surface area contributed by atoms with Crippen LogP contribution in [-0.2, 0) is 20.9 Å². The van der Waals surface area contributed by atoms with Gasteiger partial charge < -0.3 is 4.55 Å². The van der Waals surface area contributed by atoms with E-state index in [1.807, 2.05) is 0 Å². The maximum atomic E-state index is 12.5.